The Labute approximate surface area is 238 Å². The van der Waals surface area contributed by atoms with Crippen molar-refractivity contribution in [2.24, 2.45) is 0 Å². The summed E-state index contributed by atoms with van der Waals surface area (Å²) in [4.78, 5) is 30.1. The summed E-state index contributed by atoms with van der Waals surface area (Å²) in [5, 5.41) is 3.82. The van der Waals surface area contributed by atoms with Gasteiger partial charge in [-0.2, -0.15) is 0 Å². The molecule has 1 unspecified atom stereocenters. The van der Waals surface area contributed by atoms with E-state index in [2.05, 4.69) is 21.2 Å². The lowest BCUT2D eigenvalue weighted by molar-refractivity contribution is -0.142. The fraction of sp³-hybridized carbons (Fsp3) is 0.333. The van der Waals surface area contributed by atoms with Crippen molar-refractivity contribution in [3.8, 4) is 0 Å². The van der Waals surface area contributed by atoms with Crippen LogP contribution in [-0.4, -0.2) is 34.0 Å². The summed E-state index contributed by atoms with van der Waals surface area (Å²) in [5.41, 5.74) is 1.59. The molecule has 3 aromatic rings. The highest BCUT2D eigenvalue weighted by atomic mass is 79.9. The van der Waals surface area contributed by atoms with Crippen molar-refractivity contribution in [1.82, 2.24) is 10.2 Å². The molecule has 0 fully saturated rings. The van der Waals surface area contributed by atoms with Gasteiger partial charge in [0, 0.05) is 39.3 Å². The van der Waals surface area contributed by atoms with Gasteiger partial charge < -0.3 is 10.2 Å². The van der Waals surface area contributed by atoms with Crippen LogP contribution in [0.1, 0.15) is 44.7 Å². The molecule has 1 N–H and O–H groups in total. The van der Waals surface area contributed by atoms with Gasteiger partial charge in [0.15, 0.2) is 0 Å². The molecule has 0 saturated carbocycles. The Bertz CT molecular complexity index is 1150. The van der Waals surface area contributed by atoms with Gasteiger partial charge in [0.05, 0.1) is 0 Å². The largest absolute Gasteiger partial charge is 0.350 e. The predicted molar refractivity (Wildman–Crippen MR) is 158 cm³/mol. The Morgan fingerprint density at radius 3 is 2.22 bits per heavy atom. The van der Waals surface area contributed by atoms with Gasteiger partial charge in [-0.25, -0.2) is 0 Å². The molecule has 0 aliphatic heterocycles. The zero-order valence-electron chi connectivity index (χ0n) is 21.5. The van der Waals surface area contributed by atoms with E-state index in [0.29, 0.717) is 30.8 Å². The normalized spacial score (nSPS) is 12.1. The highest BCUT2D eigenvalue weighted by molar-refractivity contribution is 9.10. The number of carbonyl (C=O) groups excluding carboxylic acids is 2. The molecular weight excluding hydrogens is 568 g/mol. The average molecular weight is 602 g/mol. The van der Waals surface area contributed by atoms with Gasteiger partial charge in [-0.1, -0.05) is 70.0 Å². The first-order chi connectivity index (χ1) is 17.6. The monoisotopic (exact) mass is 600 g/mol. The predicted octanol–water partition coefficient (Wildman–Crippen LogP) is 7.53. The Kier molecular flexibility index (Phi) is 11.1. The zero-order valence-corrected chi connectivity index (χ0v) is 24.7. The maximum Gasteiger partial charge on any atom is 0.243 e. The number of rotatable bonds is 11. The molecule has 196 valence electrons. The molecule has 3 rings (SSSR count). The SMILES string of the molecule is CC(C)(C)NC(=O)C(Cc1ccccc1)N(Cc1ccc(Br)cc1)C(=O)CCCSc1ccc(Cl)cc1. The van der Waals surface area contributed by atoms with Crippen LogP contribution in [0.15, 0.2) is 88.2 Å². The maximum atomic E-state index is 13.7. The lowest BCUT2D eigenvalue weighted by Gasteiger charge is -2.34. The lowest BCUT2D eigenvalue weighted by Crippen LogP contribution is -2.54. The van der Waals surface area contributed by atoms with Crippen molar-refractivity contribution in [3.63, 3.8) is 0 Å². The number of amides is 2. The van der Waals surface area contributed by atoms with Gasteiger partial charge in [-0.3, -0.25) is 9.59 Å². The highest BCUT2D eigenvalue weighted by Crippen LogP contribution is 2.23. The number of halogens is 2. The van der Waals surface area contributed by atoms with E-state index < -0.39 is 11.6 Å². The number of carbonyl (C=O) groups is 2. The van der Waals surface area contributed by atoms with Crippen LogP contribution >= 0.6 is 39.3 Å². The molecule has 0 saturated heterocycles. The molecule has 0 heterocycles. The van der Waals surface area contributed by atoms with Crippen LogP contribution in [0.4, 0.5) is 0 Å². The van der Waals surface area contributed by atoms with E-state index in [0.717, 1.165) is 26.2 Å². The summed E-state index contributed by atoms with van der Waals surface area (Å²) in [6.07, 6.45) is 1.53. The topological polar surface area (TPSA) is 49.4 Å². The van der Waals surface area contributed by atoms with Crippen LogP contribution in [0, 0.1) is 0 Å². The van der Waals surface area contributed by atoms with E-state index in [1.807, 2.05) is 99.6 Å². The highest BCUT2D eigenvalue weighted by Gasteiger charge is 2.32. The molecule has 0 aliphatic carbocycles. The molecule has 3 aromatic carbocycles. The van der Waals surface area contributed by atoms with E-state index in [9.17, 15) is 9.59 Å². The molecule has 0 bridgehead atoms. The van der Waals surface area contributed by atoms with E-state index in [4.69, 9.17) is 11.6 Å². The number of hydrogen-bond donors (Lipinski definition) is 1. The molecule has 2 amide bonds. The second-order valence-electron chi connectivity index (χ2n) is 10.00. The quantitative estimate of drug-likeness (QED) is 0.183. The van der Waals surface area contributed by atoms with Crippen molar-refractivity contribution >= 4 is 51.1 Å². The molecule has 1 atom stereocenters. The van der Waals surface area contributed by atoms with Crippen LogP contribution in [0.25, 0.3) is 0 Å². The molecule has 4 nitrogen and oxygen atoms in total. The van der Waals surface area contributed by atoms with Crippen LogP contribution in [0.3, 0.4) is 0 Å². The van der Waals surface area contributed by atoms with Gasteiger partial charge in [0.2, 0.25) is 11.8 Å². The van der Waals surface area contributed by atoms with E-state index >= 15 is 0 Å². The van der Waals surface area contributed by atoms with E-state index in [-0.39, 0.29) is 11.8 Å². The Morgan fingerprint density at radius 2 is 1.59 bits per heavy atom. The van der Waals surface area contributed by atoms with Gasteiger partial charge in [0.1, 0.15) is 6.04 Å². The van der Waals surface area contributed by atoms with Gasteiger partial charge in [-0.05, 0) is 80.5 Å². The van der Waals surface area contributed by atoms with E-state index in [1.54, 1.807) is 16.7 Å². The molecule has 0 aromatic heterocycles. The summed E-state index contributed by atoms with van der Waals surface area (Å²) in [5.74, 6) is 0.638. The molecule has 7 heteroatoms. The summed E-state index contributed by atoms with van der Waals surface area (Å²) in [6.45, 7) is 6.24. The Hall–Kier alpha value is -2.28. The summed E-state index contributed by atoms with van der Waals surface area (Å²) < 4.78 is 0.972. The van der Waals surface area contributed by atoms with Crippen molar-refractivity contribution < 1.29 is 9.59 Å². The summed E-state index contributed by atoms with van der Waals surface area (Å²) in [7, 11) is 0. The molecule has 0 aliphatic rings. The van der Waals surface area contributed by atoms with E-state index in [1.165, 1.54) is 0 Å². The number of hydrogen-bond acceptors (Lipinski definition) is 3. The van der Waals surface area contributed by atoms with Crippen molar-refractivity contribution in [1.29, 1.82) is 0 Å². The third kappa shape index (κ3) is 10.2. The fourth-order valence-electron chi connectivity index (χ4n) is 3.88. The molecular formula is C30H34BrClN2O2S. The maximum absolute atomic E-state index is 13.7. The van der Waals surface area contributed by atoms with Crippen molar-refractivity contribution in [3.05, 3.63) is 99.5 Å². The molecule has 0 spiro atoms. The zero-order chi connectivity index (χ0) is 26.8. The minimum atomic E-state index is -0.623. The minimum Gasteiger partial charge on any atom is -0.350 e. The first-order valence-electron chi connectivity index (χ1n) is 12.4. The third-order valence-corrected chi connectivity index (χ3v) is 7.53. The lowest BCUT2D eigenvalue weighted by atomic mass is 10.00. The number of thioether (sulfide) groups is 1. The van der Waals surface area contributed by atoms with Gasteiger partial charge in [-0.15, -0.1) is 11.8 Å². The number of benzene rings is 3. The minimum absolute atomic E-state index is 0.0235. The second kappa shape index (κ2) is 14.0. The standard InChI is InChI=1S/C30H34BrClN2O2S/c1-30(2,3)33-29(36)27(20-22-8-5-4-6-9-22)34(21-23-11-13-24(31)14-12-23)28(35)10-7-19-37-26-17-15-25(32)16-18-26/h4-6,8-9,11-18,27H,7,10,19-21H2,1-3H3,(H,33,36). The number of nitrogens with one attached hydrogen (secondary N) is 1. The molecule has 0 radical (unpaired) electrons. The second-order valence-corrected chi connectivity index (χ2v) is 12.5. The average Bonchev–Trinajstić information content (AvgIpc) is 2.85. The van der Waals surface area contributed by atoms with Crippen molar-refractivity contribution in [2.75, 3.05) is 5.75 Å². The summed E-state index contributed by atoms with van der Waals surface area (Å²) in [6, 6.07) is 24.9. The smallest absolute Gasteiger partial charge is 0.243 e. The van der Waals surface area contributed by atoms with Crippen LogP contribution in [0.5, 0.6) is 0 Å². The first-order valence-corrected chi connectivity index (χ1v) is 14.5. The van der Waals surface area contributed by atoms with Crippen LogP contribution in [0.2, 0.25) is 5.02 Å². The first kappa shape index (κ1) is 29.3. The Balaban J connectivity index is 1.80. The number of nitrogens with zero attached hydrogens (tertiary/aromatic N) is 1. The van der Waals surface area contributed by atoms with Gasteiger partial charge >= 0.3 is 0 Å². The fourth-order valence-corrected chi connectivity index (χ4v) is 5.12. The van der Waals surface area contributed by atoms with Gasteiger partial charge in [0.25, 0.3) is 0 Å². The Morgan fingerprint density at radius 1 is 0.946 bits per heavy atom. The van der Waals surface area contributed by atoms with Crippen LogP contribution < -0.4 is 5.32 Å². The van der Waals surface area contributed by atoms with Crippen molar-refractivity contribution in [2.45, 2.75) is 63.1 Å². The summed E-state index contributed by atoms with van der Waals surface area (Å²) >= 11 is 11.2. The van der Waals surface area contributed by atoms with Crippen LogP contribution in [-0.2, 0) is 22.6 Å². The molecule has 37 heavy (non-hydrogen) atoms. The third-order valence-electron chi connectivity index (χ3n) is 5.65.